The van der Waals surface area contributed by atoms with Gasteiger partial charge in [-0.15, -0.1) is 0 Å². The number of aryl methyl sites for hydroxylation is 1. The highest BCUT2D eigenvalue weighted by molar-refractivity contribution is 5.97. The van der Waals surface area contributed by atoms with Gasteiger partial charge >= 0.3 is 0 Å². The van der Waals surface area contributed by atoms with E-state index in [0.29, 0.717) is 24.1 Å². The van der Waals surface area contributed by atoms with Crippen LogP contribution in [0.4, 0.5) is 5.69 Å². The molecule has 1 amide bonds. The van der Waals surface area contributed by atoms with Gasteiger partial charge in [0.05, 0.1) is 17.7 Å². The van der Waals surface area contributed by atoms with Gasteiger partial charge in [-0.25, -0.2) is 0 Å². The van der Waals surface area contributed by atoms with Gasteiger partial charge in [0.1, 0.15) is 5.41 Å². The average molecular weight is 283 g/mol. The topological polar surface area (TPSA) is 76.7 Å². The van der Waals surface area contributed by atoms with E-state index in [1.54, 1.807) is 18.2 Å². The lowest BCUT2D eigenvalue weighted by Gasteiger charge is -2.25. The fourth-order valence-corrected chi connectivity index (χ4v) is 2.44. The Morgan fingerprint density at radius 3 is 2.33 bits per heavy atom. The number of nitriles is 2. The van der Waals surface area contributed by atoms with Crippen LogP contribution < -0.4 is 5.32 Å². The van der Waals surface area contributed by atoms with Crippen LogP contribution >= 0.6 is 0 Å². The summed E-state index contributed by atoms with van der Waals surface area (Å²) in [6.45, 7) is 5.80. The van der Waals surface area contributed by atoms with Gasteiger partial charge in [-0.3, -0.25) is 4.79 Å². The van der Waals surface area contributed by atoms with Crippen LogP contribution in [-0.4, -0.2) is 5.91 Å². The number of amides is 1. The van der Waals surface area contributed by atoms with Crippen LogP contribution in [0, 0.1) is 35.0 Å². The van der Waals surface area contributed by atoms with Crippen LogP contribution in [0.1, 0.15) is 50.7 Å². The molecular weight excluding hydrogens is 262 g/mol. The van der Waals surface area contributed by atoms with Crippen molar-refractivity contribution in [2.45, 2.75) is 46.5 Å². The monoisotopic (exact) mass is 283 g/mol. The molecule has 0 aliphatic rings. The van der Waals surface area contributed by atoms with Crippen LogP contribution in [0.3, 0.4) is 0 Å². The zero-order valence-electron chi connectivity index (χ0n) is 12.9. The Morgan fingerprint density at radius 2 is 1.86 bits per heavy atom. The average Bonchev–Trinajstić information content (AvgIpc) is 2.49. The van der Waals surface area contributed by atoms with Crippen LogP contribution in [0.15, 0.2) is 18.2 Å². The maximum atomic E-state index is 12.6. The quantitative estimate of drug-likeness (QED) is 0.859. The summed E-state index contributed by atoms with van der Waals surface area (Å²) in [5.41, 5.74) is 0.982. The van der Waals surface area contributed by atoms with Crippen molar-refractivity contribution in [2.24, 2.45) is 5.41 Å². The summed E-state index contributed by atoms with van der Waals surface area (Å²) in [5.74, 6) is -0.271. The molecule has 0 spiro atoms. The summed E-state index contributed by atoms with van der Waals surface area (Å²) in [5, 5.41) is 21.3. The van der Waals surface area contributed by atoms with Crippen molar-refractivity contribution >= 4 is 11.6 Å². The summed E-state index contributed by atoms with van der Waals surface area (Å²) in [6, 6.07) is 9.41. The molecule has 0 aromatic heterocycles. The first-order valence-electron chi connectivity index (χ1n) is 7.26. The van der Waals surface area contributed by atoms with Crippen LogP contribution in [0.25, 0.3) is 0 Å². The molecule has 0 unspecified atom stereocenters. The van der Waals surface area contributed by atoms with Crippen molar-refractivity contribution in [2.75, 3.05) is 5.32 Å². The van der Waals surface area contributed by atoms with Gasteiger partial charge in [-0.05, 0) is 37.5 Å². The van der Waals surface area contributed by atoms with E-state index < -0.39 is 5.41 Å². The lowest BCUT2D eigenvalue weighted by Crippen LogP contribution is -2.35. The number of benzene rings is 1. The van der Waals surface area contributed by atoms with Crippen molar-refractivity contribution in [3.8, 4) is 12.1 Å². The van der Waals surface area contributed by atoms with E-state index in [2.05, 4.69) is 17.5 Å². The number of nitrogens with zero attached hydrogens (tertiary/aromatic N) is 2. The summed E-state index contributed by atoms with van der Waals surface area (Å²) in [7, 11) is 0. The molecule has 21 heavy (non-hydrogen) atoms. The van der Waals surface area contributed by atoms with Gasteiger partial charge < -0.3 is 5.32 Å². The van der Waals surface area contributed by atoms with Gasteiger partial charge in [0.15, 0.2) is 0 Å². The molecule has 0 bridgehead atoms. The summed E-state index contributed by atoms with van der Waals surface area (Å²) < 4.78 is 0. The van der Waals surface area contributed by atoms with Crippen molar-refractivity contribution in [1.29, 1.82) is 10.5 Å². The molecule has 0 atom stereocenters. The number of nitrogens with one attached hydrogen (secondary N) is 1. The first kappa shape index (κ1) is 16.7. The zero-order valence-corrected chi connectivity index (χ0v) is 12.9. The molecule has 1 aromatic carbocycles. The molecule has 0 fully saturated rings. The van der Waals surface area contributed by atoms with Gasteiger partial charge in [0.25, 0.3) is 0 Å². The first-order chi connectivity index (χ1) is 10.0. The molecule has 1 rings (SSSR count). The first-order valence-corrected chi connectivity index (χ1v) is 7.26. The molecule has 4 nitrogen and oxygen atoms in total. The highest BCUT2D eigenvalue weighted by Crippen LogP contribution is 2.31. The molecule has 4 heteroatoms. The Bertz CT molecular complexity index is 587. The van der Waals surface area contributed by atoms with Crippen molar-refractivity contribution in [3.05, 3.63) is 29.3 Å². The number of carbonyl (C=O) groups is 1. The Morgan fingerprint density at radius 1 is 1.24 bits per heavy atom. The minimum Gasteiger partial charge on any atom is -0.324 e. The number of anilines is 1. The molecule has 0 heterocycles. The third-order valence-corrected chi connectivity index (χ3v) is 3.62. The SMILES string of the molecule is CCCC(C#N)(CCC)C(=O)Nc1cc(C#N)ccc1C. The molecular formula is C17H21N3O. The van der Waals surface area contributed by atoms with Gasteiger partial charge in [0.2, 0.25) is 5.91 Å². The van der Waals surface area contributed by atoms with Crippen molar-refractivity contribution < 1.29 is 4.79 Å². The standard InChI is InChI=1S/C17H21N3O/c1-4-8-17(12-19,9-5-2)16(21)20-15-10-14(11-18)7-6-13(15)3/h6-7,10H,4-5,8-9H2,1-3H3,(H,20,21). The van der Waals surface area contributed by atoms with E-state index in [-0.39, 0.29) is 5.91 Å². The Balaban J connectivity index is 3.08. The Kier molecular flexibility index (Phi) is 5.93. The summed E-state index contributed by atoms with van der Waals surface area (Å²) in [4.78, 5) is 12.6. The van der Waals surface area contributed by atoms with E-state index in [1.807, 2.05) is 20.8 Å². The van der Waals surface area contributed by atoms with E-state index in [9.17, 15) is 10.1 Å². The lowest BCUT2D eigenvalue weighted by molar-refractivity contribution is -0.123. The van der Waals surface area contributed by atoms with Crippen LogP contribution in [-0.2, 0) is 4.79 Å². The molecule has 1 N–H and O–H groups in total. The molecule has 0 radical (unpaired) electrons. The van der Waals surface area contributed by atoms with Crippen LogP contribution in [0.5, 0.6) is 0 Å². The number of hydrogen-bond acceptors (Lipinski definition) is 3. The minimum atomic E-state index is -0.988. The molecule has 110 valence electrons. The predicted octanol–water partition coefficient (Wildman–Crippen LogP) is 3.92. The molecule has 0 aliphatic heterocycles. The highest BCUT2D eigenvalue weighted by Gasteiger charge is 2.37. The smallest absolute Gasteiger partial charge is 0.244 e. The second-order valence-electron chi connectivity index (χ2n) is 5.29. The largest absolute Gasteiger partial charge is 0.324 e. The second kappa shape index (κ2) is 7.45. The third-order valence-electron chi connectivity index (χ3n) is 3.62. The number of hydrogen-bond donors (Lipinski definition) is 1. The summed E-state index contributed by atoms with van der Waals surface area (Å²) in [6.07, 6.45) is 2.64. The Hall–Kier alpha value is -2.33. The van der Waals surface area contributed by atoms with E-state index in [4.69, 9.17) is 5.26 Å². The van der Waals surface area contributed by atoms with E-state index in [1.165, 1.54) is 0 Å². The maximum absolute atomic E-state index is 12.6. The highest BCUT2D eigenvalue weighted by atomic mass is 16.2. The fraction of sp³-hybridized carbons (Fsp3) is 0.471. The molecule has 0 saturated heterocycles. The normalized spacial score (nSPS) is 10.5. The van der Waals surface area contributed by atoms with Crippen molar-refractivity contribution in [3.63, 3.8) is 0 Å². The molecule has 0 saturated carbocycles. The predicted molar refractivity (Wildman–Crippen MR) is 82.4 cm³/mol. The van der Waals surface area contributed by atoms with Crippen molar-refractivity contribution in [1.82, 2.24) is 0 Å². The zero-order chi connectivity index (χ0) is 15.9. The van der Waals surface area contributed by atoms with E-state index in [0.717, 1.165) is 18.4 Å². The minimum absolute atomic E-state index is 0.271. The Labute approximate surface area is 126 Å². The maximum Gasteiger partial charge on any atom is 0.244 e. The number of carbonyl (C=O) groups excluding carboxylic acids is 1. The number of rotatable bonds is 6. The second-order valence-corrected chi connectivity index (χ2v) is 5.29. The lowest BCUT2D eigenvalue weighted by atomic mass is 9.79. The van der Waals surface area contributed by atoms with Crippen LogP contribution in [0.2, 0.25) is 0 Å². The summed E-state index contributed by atoms with van der Waals surface area (Å²) >= 11 is 0. The fourth-order valence-electron chi connectivity index (χ4n) is 2.44. The van der Waals surface area contributed by atoms with Gasteiger partial charge in [-0.1, -0.05) is 32.8 Å². The van der Waals surface area contributed by atoms with Gasteiger partial charge in [-0.2, -0.15) is 10.5 Å². The van der Waals surface area contributed by atoms with Gasteiger partial charge in [0, 0.05) is 5.69 Å². The molecule has 1 aromatic rings. The van der Waals surface area contributed by atoms with E-state index >= 15 is 0 Å². The third kappa shape index (κ3) is 3.83. The molecule has 0 aliphatic carbocycles.